The molecule has 0 amide bonds. The van der Waals surface area contributed by atoms with Gasteiger partial charge in [-0.1, -0.05) is 46.3 Å². The van der Waals surface area contributed by atoms with Crippen molar-refractivity contribution in [1.29, 1.82) is 0 Å². The molecule has 0 bridgehead atoms. The standard InChI is InChI=1S/C17H14BrNO/c18-15-6-7-17-14(11-15)8-9-19(17)12-16(20)10-13-4-2-1-3-5-13/h1-9,11H,10,12H2. The van der Waals surface area contributed by atoms with E-state index in [0.717, 1.165) is 20.9 Å². The Morgan fingerprint density at radius 1 is 1.05 bits per heavy atom. The summed E-state index contributed by atoms with van der Waals surface area (Å²) in [5, 5.41) is 1.15. The molecule has 2 aromatic carbocycles. The summed E-state index contributed by atoms with van der Waals surface area (Å²) in [5.41, 5.74) is 2.16. The number of rotatable bonds is 4. The van der Waals surface area contributed by atoms with Gasteiger partial charge in [-0.3, -0.25) is 4.79 Å². The lowest BCUT2D eigenvalue weighted by atomic mass is 10.1. The minimum atomic E-state index is 0.219. The van der Waals surface area contributed by atoms with Crippen LogP contribution < -0.4 is 0 Å². The number of hydrogen-bond donors (Lipinski definition) is 0. The number of aromatic nitrogens is 1. The lowest BCUT2D eigenvalue weighted by Gasteiger charge is -2.05. The maximum atomic E-state index is 12.2. The summed E-state index contributed by atoms with van der Waals surface area (Å²) in [6.45, 7) is 0.417. The third kappa shape index (κ3) is 2.83. The molecule has 0 aliphatic rings. The Bertz CT molecular complexity index is 746. The van der Waals surface area contributed by atoms with E-state index in [1.807, 2.05) is 59.3 Å². The minimum absolute atomic E-state index is 0.219. The highest BCUT2D eigenvalue weighted by Crippen LogP contribution is 2.21. The van der Waals surface area contributed by atoms with E-state index >= 15 is 0 Å². The van der Waals surface area contributed by atoms with Gasteiger partial charge in [0.15, 0.2) is 5.78 Å². The van der Waals surface area contributed by atoms with Gasteiger partial charge < -0.3 is 4.57 Å². The van der Waals surface area contributed by atoms with Crippen molar-refractivity contribution in [2.75, 3.05) is 0 Å². The van der Waals surface area contributed by atoms with E-state index in [2.05, 4.69) is 22.0 Å². The molecule has 1 aromatic heterocycles. The van der Waals surface area contributed by atoms with Crippen LogP contribution in [0.25, 0.3) is 10.9 Å². The highest BCUT2D eigenvalue weighted by atomic mass is 79.9. The van der Waals surface area contributed by atoms with E-state index in [4.69, 9.17) is 0 Å². The topological polar surface area (TPSA) is 22.0 Å². The van der Waals surface area contributed by atoms with Gasteiger partial charge in [0.2, 0.25) is 0 Å². The molecule has 1 heterocycles. The molecular formula is C17H14BrNO. The van der Waals surface area contributed by atoms with Gasteiger partial charge in [-0.25, -0.2) is 0 Å². The first kappa shape index (κ1) is 13.1. The average Bonchev–Trinajstić information content (AvgIpc) is 2.82. The van der Waals surface area contributed by atoms with Gasteiger partial charge in [-0.15, -0.1) is 0 Å². The molecule has 2 nitrogen and oxygen atoms in total. The van der Waals surface area contributed by atoms with E-state index in [1.165, 1.54) is 0 Å². The zero-order chi connectivity index (χ0) is 13.9. The SMILES string of the molecule is O=C(Cc1ccccc1)Cn1ccc2cc(Br)ccc21. The average molecular weight is 328 g/mol. The fourth-order valence-electron chi connectivity index (χ4n) is 2.38. The Morgan fingerprint density at radius 2 is 1.85 bits per heavy atom. The Morgan fingerprint density at radius 3 is 2.65 bits per heavy atom. The van der Waals surface area contributed by atoms with E-state index in [-0.39, 0.29) is 5.78 Å². The second kappa shape index (κ2) is 5.63. The maximum absolute atomic E-state index is 12.2. The molecule has 3 aromatic rings. The number of carbonyl (C=O) groups is 1. The molecule has 0 aliphatic heterocycles. The van der Waals surface area contributed by atoms with Crippen molar-refractivity contribution < 1.29 is 4.79 Å². The van der Waals surface area contributed by atoms with Crippen LogP contribution in [0.2, 0.25) is 0 Å². The molecule has 0 saturated heterocycles. The fourth-order valence-corrected chi connectivity index (χ4v) is 2.76. The van der Waals surface area contributed by atoms with Crippen LogP contribution in [-0.2, 0) is 17.8 Å². The zero-order valence-electron chi connectivity index (χ0n) is 10.9. The molecule has 0 unspecified atom stereocenters. The molecule has 0 saturated carbocycles. The van der Waals surface area contributed by atoms with Gasteiger partial charge in [0.25, 0.3) is 0 Å². The van der Waals surface area contributed by atoms with Gasteiger partial charge in [-0.05, 0) is 29.8 Å². The summed E-state index contributed by atoms with van der Waals surface area (Å²) in [5.74, 6) is 0.219. The van der Waals surface area contributed by atoms with Crippen LogP contribution in [-0.4, -0.2) is 10.4 Å². The molecule has 20 heavy (non-hydrogen) atoms. The van der Waals surface area contributed by atoms with Crippen LogP contribution in [0.15, 0.2) is 65.3 Å². The van der Waals surface area contributed by atoms with Gasteiger partial charge in [-0.2, -0.15) is 0 Å². The first-order valence-corrected chi connectivity index (χ1v) is 7.32. The quantitative estimate of drug-likeness (QED) is 0.703. The lowest BCUT2D eigenvalue weighted by Crippen LogP contribution is -2.11. The second-order valence-electron chi connectivity index (χ2n) is 4.85. The van der Waals surface area contributed by atoms with Gasteiger partial charge in [0.1, 0.15) is 0 Å². The maximum Gasteiger partial charge on any atom is 0.156 e. The summed E-state index contributed by atoms with van der Waals surface area (Å²) in [6, 6.07) is 18.0. The van der Waals surface area contributed by atoms with Crippen LogP contribution in [0.5, 0.6) is 0 Å². The first-order chi connectivity index (χ1) is 9.72. The molecule has 3 heteroatoms. The van der Waals surface area contributed by atoms with Crippen LogP contribution in [0.3, 0.4) is 0 Å². The number of benzene rings is 2. The number of carbonyl (C=O) groups excluding carboxylic acids is 1. The molecule has 0 aliphatic carbocycles. The summed E-state index contributed by atoms with van der Waals surface area (Å²) in [6.07, 6.45) is 2.46. The van der Waals surface area contributed by atoms with Crippen LogP contribution in [0, 0.1) is 0 Å². The number of Topliss-reactive ketones (excluding diaryl/α,β-unsaturated/α-hetero) is 1. The smallest absolute Gasteiger partial charge is 0.156 e. The van der Waals surface area contributed by atoms with Crippen LogP contribution >= 0.6 is 15.9 Å². The number of fused-ring (bicyclic) bond motifs is 1. The predicted octanol–water partition coefficient (Wildman–Crippen LogP) is 4.22. The Kier molecular flexibility index (Phi) is 3.70. The fraction of sp³-hybridized carbons (Fsp3) is 0.118. The third-order valence-corrected chi connectivity index (χ3v) is 3.82. The first-order valence-electron chi connectivity index (χ1n) is 6.52. The van der Waals surface area contributed by atoms with E-state index in [1.54, 1.807) is 0 Å². The van der Waals surface area contributed by atoms with Crippen molar-refractivity contribution in [1.82, 2.24) is 4.57 Å². The van der Waals surface area contributed by atoms with Crippen molar-refractivity contribution >= 4 is 32.6 Å². The zero-order valence-corrected chi connectivity index (χ0v) is 12.5. The van der Waals surface area contributed by atoms with E-state index in [9.17, 15) is 4.79 Å². The Hall–Kier alpha value is -1.87. The molecule has 0 N–H and O–H groups in total. The van der Waals surface area contributed by atoms with Crippen molar-refractivity contribution in [3.8, 4) is 0 Å². The normalized spacial score (nSPS) is 10.8. The Labute approximate surface area is 126 Å². The number of halogens is 1. The number of hydrogen-bond acceptors (Lipinski definition) is 1. The molecule has 0 atom stereocenters. The van der Waals surface area contributed by atoms with Crippen molar-refractivity contribution in [3.63, 3.8) is 0 Å². The number of nitrogens with zero attached hydrogens (tertiary/aromatic N) is 1. The second-order valence-corrected chi connectivity index (χ2v) is 5.76. The summed E-state index contributed by atoms with van der Waals surface area (Å²) >= 11 is 3.46. The molecule has 0 radical (unpaired) electrons. The summed E-state index contributed by atoms with van der Waals surface area (Å²) < 4.78 is 3.06. The summed E-state index contributed by atoms with van der Waals surface area (Å²) in [4.78, 5) is 12.2. The monoisotopic (exact) mass is 327 g/mol. The summed E-state index contributed by atoms with van der Waals surface area (Å²) in [7, 11) is 0. The minimum Gasteiger partial charge on any atom is -0.340 e. The van der Waals surface area contributed by atoms with Gasteiger partial charge in [0, 0.05) is 28.0 Å². The van der Waals surface area contributed by atoms with Crippen LogP contribution in [0.1, 0.15) is 5.56 Å². The Balaban J connectivity index is 1.78. The van der Waals surface area contributed by atoms with Crippen molar-refractivity contribution in [2.24, 2.45) is 0 Å². The van der Waals surface area contributed by atoms with Crippen molar-refractivity contribution in [3.05, 3.63) is 70.8 Å². The molecule has 3 rings (SSSR count). The van der Waals surface area contributed by atoms with Gasteiger partial charge in [0.05, 0.1) is 6.54 Å². The van der Waals surface area contributed by atoms with Crippen molar-refractivity contribution in [2.45, 2.75) is 13.0 Å². The molecule has 100 valence electrons. The lowest BCUT2D eigenvalue weighted by molar-refractivity contribution is -0.118. The molecule has 0 spiro atoms. The largest absolute Gasteiger partial charge is 0.340 e. The van der Waals surface area contributed by atoms with E-state index < -0.39 is 0 Å². The highest BCUT2D eigenvalue weighted by molar-refractivity contribution is 9.10. The van der Waals surface area contributed by atoms with Crippen LogP contribution in [0.4, 0.5) is 0 Å². The number of ketones is 1. The van der Waals surface area contributed by atoms with Gasteiger partial charge >= 0.3 is 0 Å². The third-order valence-electron chi connectivity index (χ3n) is 3.32. The highest BCUT2D eigenvalue weighted by Gasteiger charge is 2.07. The predicted molar refractivity (Wildman–Crippen MR) is 84.8 cm³/mol. The van der Waals surface area contributed by atoms with E-state index in [0.29, 0.717) is 13.0 Å². The molecular weight excluding hydrogens is 314 g/mol. The molecule has 0 fully saturated rings.